The van der Waals surface area contributed by atoms with Gasteiger partial charge in [-0.15, -0.1) is 0 Å². The highest BCUT2D eigenvalue weighted by molar-refractivity contribution is 6.06. The second-order valence-electron chi connectivity index (χ2n) is 11.7. The monoisotopic (exact) mass is 611 g/mol. The Morgan fingerprint density at radius 3 is 2.42 bits per heavy atom. The van der Waals surface area contributed by atoms with Gasteiger partial charge in [0.1, 0.15) is 30.0 Å². The summed E-state index contributed by atoms with van der Waals surface area (Å²) >= 11 is 0. The number of guanidine groups is 1. The van der Waals surface area contributed by atoms with Crippen molar-refractivity contribution in [2.75, 3.05) is 19.6 Å². The number of benzene rings is 2. The molecule has 1 aromatic heterocycles. The van der Waals surface area contributed by atoms with Gasteiger partial charge in [-0.3, -0.25) is 19.8 Å². The number of aliphatic imine (C=N–C) groups is 3. The molecule has 1 saturated heterocycles. The lowest BCUT2D eigenvalue weighted by Gasteiger charge is -2.39. The first kappa shape index (κ1) is 30.5. The molecule has 1 saturated carbocycles. The molecule has 6 atom stereocenters. The fraction of sp³-hybridized carbons (Fsp3) is 0.424. The Morgan fingerprint density at radius 1 is 1.07 bits per heavy atom. The number of carbonyl (C=O) groups is 1. The summed E-state index contributed by atoms with van der Waals surface area (Å²) in [4.78, 5) is 33.7. The van der Waals surface area contributed by atoms with Crippen LogP contribution in [0.25, 0.3) is 0 Å². The number of nitrogens with zero attached hydrogens (tertiary/aromatic N) is 6. The first-order valence-corrected chi connectivity index (χ1v) is 15.6. The van der Waals surface area contributed by atoms with Crippen LogP contribution in [-0.4, -0.2) is 98.8 Å². The third kappa shape index (κ3) is 6.47. The number of aromatic nitrogens is 2. The normalized spacial score (nSPS) is 27.5. The van der Waals surface area contributed by atoms with Gasteiger partial charge in [0.2, 0.25) is 5.91 Å². The van der Waals surface area contributed by atoms with Crippen molar-refractivity contribution in [3.63, 3.8) is 0 Å². The Kier molecular flexibility index (Phi) is 9.22. The van der Waals surface area contributed by atoms with Gasteiger partial charge in [-0.1, -0.05) is 60.7 Å². The Hall–Kier alpha value is -4.55. The third-order valence-corrected chi connectivity index (χ3v) is 8.89. The molecule has 45 heavy (non-hydrogen) atoms. The van der Waals surface area contributed by atoms with E-state index in [4.69, 9.17) is 15.0 Å². The molecular formula is C33H41N9O3. The van der Waals surface area contributed by atoms with Gasteiger partial charge in [-0.25, -0.2) is 4.98 Å². The van der Waals surface area contributed by atoms with Crippen molar-refractivity contribution >= 4 is 24.0 Å². The number of carbonyl (C=O) groups excluding carboxylic acids is 1. The summed E-state index contributed by atoms with van der Waals surface area (Å²) in [6.07, 6.45) is 3.62. The molecule has 0 spiro atoms. The zero-order chi connectivity index (χ0) is 31.3. The SMILES string of the molecule is CCNC(=O)[C@H]1C[C@@H](N2C=NC3C(=NCC(c4ccccc4)c4ccccc4)NC(=NCCc4nccn4C)NC32)[C@H](O)[C@@H]1O. The molecular weight excluding hydrogens is 570 g/mol. The minimum atomic E-state index is -1.17. The van der Waals surface area contributed by atoms with Crippen LogP contribution in [-0.2, 0) is 18.3 Å². The number of nitrogens with one attached hydrogen (secondary N) is 3. The number of aliphatic hydroxyl groups is 2. The van der Waals surface area contributed by atoms with E-state index in [1.165, 1.54) is 11.1 Å². The molecule has 12 nitrogen and oxygen atoms in total. The zero-order valence-corrected chi connectivity index (χ0v) is 25.6. The minimum Gasteiger partial charge on any atom is -0.390 e. The highest BCUT2D eigenvalue weighted by Crippen LogP contribution is 2.34. The molecule has 6 rings (SSSR count). The number of amidine groups is 1. The molecule has 3 heterocycles. The average molecular weight is 612 g/mol. The van der Waals surface area contributed by atoms with E-state index in [0.717, 1.165) is 5.82 Å². The molecule has 2 fully saturated rings. The van der Waals surface area contributed by atoms with Crippen molar-refractivity contribution in [2.45, 2.75) is 56.1 Å². The average Bonchev–Trinajstić information content (AvgIpc) is 3.75. The predicted molar refractivity (Wildman–Crippen MR) is 173 cm³/mol. The summed E-state index contributed by atoms with van der Waals surface area (Å²) in [6, 6.07) is 19.7. The number of aliphatic hydroxyl groups excluding tert-OH is 2. The van der Waals surface area contributed by atoms with Gasteiger partial charge in [0, 0.05) is 44.9 Å². The number of imidazole rings is 1. The summed E-state index contributed by atoms with van der Waals surface area (Å²) in [5.74, 6) is 1.20. The number of hydrogen-bond acceptors (Lipinski definition) is 8. The second-order valence-corrected chi connectivity index (χ2v) is 11.7. The predicted octanol–water partition coefficient (Wildman–Crippen LogP) is 1.03. The summed E-state index contributed by atoms with van der Waals surface area (Å²) in [5.41, 5.74) is 2.33. The van der Waals surface area contributed by atoms with E-state index in [9.17, 15) is 15.0 Å². The fourth-order valence-electron chi connectivity index (χ4n) is 6.46. The number of fused-ring (bicyclic) bond motifs is 1. The van der Waals surface area contributed by atoms with E-state index in [2.05, 4.69) is 45.2 Å². The lowest BCUT2D eigenvalue weighted by Crippen LogP contribution is -2.66. The van der Waals surface area contributed by atoms with Crippen molar-refractivity contribution in [1.29, 1.82) is 0 Å². The summed E-state index contributed by atoms with van der Waals surface area (Å²) < 4.78 is 1.97. The first-order valence-electron chi connectivity index (χ1n) is 15.6. The van der Waals surface area contributed by atoms with Gasteiger partial charge in [0.05, 0.1) is 30.9 Å². The van der Waals surface area contributed by atoms with E-state index in [1.54, 1.807) is 12.5 Å². The fourth-order valence-corrected chi connectivity index (χ4v) is 6.46. The van der Waals surface area contributed by atoms with Crippen LogP contribution in [0.15, 0.2) is 88.0 Å². The van der Waals surface area contributed by atoms with Gasteiger partial charge < -0.3 is 35.6 Å². The van der Waals surface area contributed by atoms with Crippen LogP contribution in [0.1, 0.15) is 36.2 Å². The van der Waals surface area contributed by atoms with Crippen LogP contribution < -0.4 is 16.0 Å². The number of amides is 1. The summed E-state index contributed by atoms with van der Waals surface area (Å²) in [5, 5.41) is 31.5. The Morgan fingerprint density at radius 2 is 1.78 bits per heavy atom. The Labute approximate surface area is 263 Å². The topological polar surface area (TPSA) is 152 Å². The number of rotatable bonds is 10. The second kappa shape index (κ2) is 13.6. The van der Waals surface area contributed by atoms with Gasteiger partial charge in [-0.05, 0) is 24.5 Å². The van der Waals surface area contributed by atoms with Crippen LogP contribution in [0.4, 0.5) is 0 Å². The van der Waals surface area contributed by atoms with Crippen LogP contribution in [0.5, 0.6) is 0 Å². The Bertz CT molecular complexity index is 1500. The van der Waals surface area contributed by atoms with E-state index in [-0.39, 0.29) is 11.8 Å². The minimum absolute atomic E-state index is 0.0324. The smallest absolute Gasteiger partial charge is 0.225 e. The van der Waals surface area contributed by atoms with Crippen molar-refractivity contribution in [1.82, 2.24) is 30.4 Å². The van der Waals surface area contributed by atoms with Crippen molar-refractivity contribution < 1.29 is 15.0 Å². The van der Waals surface area contributed by atoms with Crippen LogP contribution in [0.2, 0.25) is 0 Å². The highest BCUT2D eigenvalue weighted by Gasteiger charge is 2.51. The van der Waals surface area contributed by atoms with Gasteiger partial charge >= 0.3 is 0 Å². The Balaban J connectivity index is 1.27. The van der Waals surface area contributed by atoms with E-state index in [0.29, 0.717) is 44.3 Å². The third-order valence-electron chi connectivity index (χ3n) is 8.89. The summed E-state index contributed by atoms with van der Waals surface area (Å²) in [7, 11) is 1.96. The van der Waals surface area contributed by atoms with Crippen molar-refractivity contribution in [2.24, 2.45) is 27.9 Å². The molecule has 3 aromatic rings. The number of hydrogen-bond donors (Lipinski definition) is 5. The summed E-state index contributed by atoms with van der Waals surface area (Å²) in [6.45, 7) is 3.27. The quantitative estimate of drug-likeness (QED) is 0.230. The maximum atomic E-state index is 12.7. The van der Waals surface area contributed by atoms with E-state index >= 15 is 0 Å². The van der Waals surface area contributed by atoms with Gasteiger partial charge in [-0.2, -0.15) is 0 Å². The lowest BCUT2D eigenvalue weighted by atomic mass is 9.91. The molecule has 2 aliphatic heterocycles. The first-order chi connectivity index (χ1) is 21.9. The van der Waals surface area contributed by atoms with Crippen LogP contribution in [0.3, 0.4) is 0 Å². The maximum absolute atomic E-state index is 12.7. The van der Waals surface area contributed by atoms with Gasteiger partial charge in [0.25, 0.3) is 0 Å². The standard InChI is InChI=1S/C33H41N9O3/c1-3-34-32(45)23-18-25(29(44)28(23)43)42-20-38-27-30(39-33(40-31(27)42)36-15-14-26-35-16-17-41(26)2)37-19-24(21-10-6-4-7-11-21)22-12-8-5-9-13-22/h4-13,16-17,20,23-25,27-29,31,43-44H,3,14-15,18-19H2,1-2H3,(H,34,45)(H2,36,37,39,40)/t23-,25+,27?,28+,29-,31?/m0/s1. The van der Waals surface area contributed by atoms with Crippen molar-refractivity contribution in [3.05, 3.63) is 90.0 Å². The molecule has 0 radical (unpaired) electrons. The molecule has 1 amide bonds. The maximum Gasteiger partial charge on any atom is 0.225 e. The molecule has 2 aromatic carbocycles. The highest BCUT2D eigenvalue weighted by atomic mass is 16.3. The van der Waals surface area contributed by atoms with Gasteiger partial charge in [0.15, 0.2) is 5.96 Å². The van der Waals surface area contributed by atoms with E-state index < -0.39 is 36.4 Å². The largest absolute Gasteiger partial charge is 0.390 e. The molecule has 236 valence electrons. The molecule has 1 aliphatic carbocycles. The van der Waals surface area contributed by atoms with Crippen LogP contribution in [0, 0.1) is 5.92 Å². The molecule has 0 bridgehead atoms. The molecule has 2 unspecified atom stereocenters. The molecule has 12 heteroatoms. The zero-order valence-electron chi connectivity index (χ0n) is 25.6. The molecule has 5 N–H and O–H groups in total. The lowest BCUT2D eigenvalue weighted by molar-refractivity contribution is -0.128. The van der Waals surface area contributed by atoms with Crippen LogP contribution >= 0.6 is 0 Å². The molecule has 3 aliphatic rings. The van der Waals surface area contributed by atoms with E-state index in [1.807, 2.05) is 66.0 Å². The van der Waals surface area contributed by atoms with Crippen molar-refractivity contribution in [3.8, 4) is 0 Å². The number of aryl methyl sites for hydroxylation is 1.